The summed E-state index contributed by atoms with van der Waals surface area (Å²) in [6.07, 6.45) is 1.40. The molecule has 0 bridgehead atoms. The van der Waals surface area contributed by atoms with Crippen LogP contribution in [0, 0.1) is 25.2 Å². The van der Waals surface area contributed by atoms with E-state index in [2.05, 4.69) is 16.5 Å². The van der Waals surface area contributed by atoms with Crippen LogP contribution in [0.5, 0.6) is 0 Å². The standard InChI is InChI=1S/C20H25N5O2/c1-15-19(22-11-10-21)16(2)25(23-15)18-8-12-24(13-9-18)20(26)27-14-17-6-4-3-5-7-17/h3-7,18,22H,8-9,11-14H2,1-2H3. The van der Waals surface area contributed by atoms with Gasteiger partial charge in [-0.3, -0.25) is 4.68 Å². The van der Waals surface area contributed by atoms with E-state index >= 15 is 0 Å². The number of nitriles is 1. The van der Waals surface area contributed by atoms with Crippen LogP contribution in [-0.2, 0) is 11.3 Å². The van der Waals surface area contributed by atoms with Crippen LogP contribution >= 0.6 is 0 Å². The Morgan fingerprint density at radius 3 is 2.67 bits per heavy atom. The van der Waals surface area contributed by atoms with Crippen molar-refractivity contribution >= 4 is 11.8 Å². The van der Waals surface area contributed by atoms with Crippen molar-refractivity contribution in [3.05, 3.63) is 47.3 Å². The fraction of sp³-hybridized carbons (Fsp3) is 0.450. The van der Waals surface area contributed by atoms with E-state index in [1.807, 2.05) is 48.9 Å². The molecular formula is C20H25N5O2. The minimum atomic E-state index is -0.262. The number of piperidine rings is 1. The highest BCUT2D eigenvalue weighted by Crippen LogP contribution is 2.28. The normalized spacial score (nSPS) is 14.6. The lowest BCUT2D eigenvalue weighted by Gasteiger charge is -2.32. The van der Waals surface area contributed by atoms with Crippen molar-refractivity contribution in [2.45, 2.75) is 39.3 Å². The Hall–Kier alpha value is -3.01. The van der Waals surface area contributed by atoms with E-state index in [1.54, 1.807) is 4.90 Å². The number of nitrogens with one attached hydrogen (secondary N) is 1. The topological polar surface area (TPSA) is 83.2 Å². The van der Waals surface area contributed by atoms with E-state index in [-0.39, 0.29) is 18.7 Å². The largest absolute Gasteiger partial charge is 0.445 e. The predicted octanol–water partition coefficient (Wildman–Crippen LogP) is 3.41. The Kier molecular flexibility index (Phi) is 5.97. The van der Waals surface area contributed by atoms with Crippen molar-refractivity contribution < 1.29 is 9.53 Å². The van der Waals surface area contributed by atoms with Crippen molar-refractivity contribution in [3.63, 3.8) is 0 Å². The first-order valence-electron chi connectivity index (χ1n) is 9.22. The smallest absolute Gasteiger partial charge is 0.410 e. The molecule has 0 radical (unpaired) electrons. The van der Waals surface area contributed by atoms with Crippen LogP contribution in [0.15, 0.2) is 30.3 Å². The van der Waals surface area contributed by atoms with Gasteiger partial charge >= 0.3 is 6.09 Å². The van der Waals surface area contributed by atoms with Crippen LogP contribution in [-0.4, -0.2) is 40.4 Å². The molecule has 2 aromatic rings. The van der Waals surface area contributed by atoms with Crippen molar-refractivity contribution in [3.8, 4) is 6.07 Å². The lowest BCUT2D eigenvalue weighted by atomic mass is 10.1. The van der Waals surface area contributed by atoms with Crippen LogP contribution in [0.1, 0.15) is 35.8 Å². The Balaban J connectivity index is 1.54. The summed E-state index contributed by atoms with van der Waals surface area (Å²) in [6.45, 7) is 5.82. The molecular weight excluding hydrogens is 342 g/mol. The number of hydrogen-bond acceptors (Lipinski definition) is 5. The molecule has 1 aromatic heterocycles. The first kappa shape index (κ1) is 18.8. The maximum absolute atomic E-state index is 12.3. The van der Waals surface area contributed by atoms with Gasteiger partial charge in [-0.25, -0.2) is 4.79 Å². The second-order valence-corrected chi connectivity index (χ2v) is 6.76. The quantitative estimate of drug-likeness (QED) is 0.819. The molecule has 7 nitrogen and oxygen atoms in total. The van der Waals surface area contributed by atoms with Crippen molar-refractivity contribution in [1.29, 1.82) is 5.26 Å². The summed E-state index contributed by atoms with van der Waals surface area (Å²) in [7, 11) is 0. The third-order valence-electron chi connectivity index (χ3n) is 4.94. The highest BCUT2D eigenvalue weighted by Gasteiger charge is 2.27. The lowest BCUT2D eigenvalue weighted by molar-refractivity contribution is 0.0819. The van der Waals surface area contributed by atoms with Gasteiger partial charge in [-0.2, -0.15) is 10.4 Å². The number of benzene rings is 1. The number of carbonyl (C=O) groups excluding carboxylic acids is 1. The maximum Gasteiger partial charge on any atom is 0.410 e. The number of aromatic nitrogens is 2. The third kappa shape index (κ3) is 4.40. The van der Waals surface area contributed by atoms with Crippen LogP contribution in [0.3, 0.4) is 0 Å². The van der Waals surface area contributed by atoms with Crippen LogP contribution in [0.2, 0.25) is 0 Å². The number of aryl methyl sites for hydroxylation is 1. The zero-order chi connectivity index (χ0) is 19.2. The number of amides is 1. The number of rotatable bonds is 5. The summed E-state index contributed by atoms with van der Waals surface area (Å²) in [6, 6.07) is 12.0. The SMILES string of the molecule is Cc1nn(C2CCN(C(=O)OCc3ccccc3)CC2)c(C)c1NCC#N. The fourth-order valence-corrected chi connectivity index (χ4v) is 3.51. The number of nitrogens with zero attached hydrogens (tertiary/aromatic N) is 4. The van der Waals surface area contributed by atoms with Gasteiger partial charge in [0.05, 0.1) is 29.2 Å². The van der Waals surface area contributed by atoms with Gasteiger partial charge in [0.2, 0.25) is 0 Å². The van der Waals surface area contributed by atoms with Crippen LogP contribution < -0.4 is 5.32 Å². The van der Waals surface area contributed by atoms with E-state index in [0.717, 1.165) is 35.5 Å². The predicted molar refractivity (Wildman–Crippen MR) is 102 cm³/mol. The molecule has 1 N–H and O–H groups in total. The van der Waals surface area contributed by atoms with Crippen molar-refractivity contribution in [1.82, 2.24) is 14.7 Å². The van der Waals surface area contributed by atoms with E-state index in [4.69, 9.17) is 10.00 Å². The van der Waals surface area contributed by atoms with E-state index in [9.17, 15) is 4.79 Å². The number of carbonyl (C=O) groups is 1. The number of ether oxygens (including phenoxy) is 1. The molecule has 1 aliphatic rings. The zero-order valence-corrected chi connectivity index (χ0v) is 15.8. The molecule has 0 saturated carbocycles. The van der Waals surface area contributed by atoms with Gasteiger partial charge in [0.15, 0.2) is 0 Å². The first-order chi connectivity index (χ1) is 13.1. The van der Waals surface area contributed by atoms with Crippen LogP contribution in [0.25, 0.3) is 0 Å². The molecule has 0 unspecified atom stereocenters. The lowest BCUT2D eigenvalue weighted by Crippen LogP contribution is -2.39. The summed E-state index contributed by atoms with van der Waals surface area (Å²) in [4.78, 5) is 14.1. The number of anilines is 1. The van der Waals surface area contributed by atoms with E-state index in [0.29, 0.717) is 19.7 Å². The molecule has 1 fully saturated rings. The van der Waals surface area contributed by atoms with Gasteiger partial charge in [-0.05, 0) is 32.3 Å². The van der Waals surface area contributed by atoms with Gasteiger partial charge in [0.25, 0.3) is 0 Å². The summed E-state index contributed by atoms with van der Waals surface area (Å²) in [5.41, 5.74) is 3.85. The monoisotopic (exact) mass is 367 g/mol. The highest BCUT2D eigenvalue weighted by atomic mass is 16.6. The van der Waals surface area contributed by atoms with E-state index < -0.39 is 0 Å². The second-order valence-electron chi connectivity index (χ2n) is 6.76. The minimum Gasteiger partial charge on any atom is -0.445 e. The third-order valence-corrected chi connectivity index (χ3v) is 4.94. The highest BCUT2D eigenvalue weighted by molar-refractivity contribution is 5.67. The molecule has 3 rings (SSSR count). The van der Waals surface area contributed by atoms with Crippen molar-refractivity contribution in [2.75, 3.05) is 25.0 Å². The Morgan fingerprint density at radius 1 is 1.30 bits per heavy atom. The molecule has 27 heavy (non-hydrogen) atoms. The van der Waals surface area contributed by atoms with Gasteiger partial charge < -0.3 is 15.0 Å². The average molecular weight is 367 g/mol. The summed E-state index contributed by atoms with van der Waals surface area (Å²) >= 11 is 0. The van der Waals surface area contributed by atoms with E-state index in [1.165, 1.54) is 0 Å². The Bertz CT molecular complexity index is 817. The Morgan fingerprint density at radius 2 is 2.00 bits per heavy atom. The van der Waals surface area contributed by atoms with Crippen molar-refractivity contribution in [2.24, 2.45) is 0 Å². The van der Waals surface area contributed by atoms with Crippen LogP contribution in [0.4, 0.5) is 10.5 Å². The molecule has 0 aliphatic carbocycles. The fourth-order valence-electron chi connectivity index (χ4n) is 3.51. The number of hydrogen-bond donors (Lipinski definition) is 1. The van der Waals surface area contributed by atoms with Gasteiger partial charge in [-0.1, -0.05) is 30.3 Å². The molecule has 2 heterocycles. The summed E-state index contributed by atoms with van der Waals surface area (Å²) in [5.74, 6) is 0. The van der Waals surface area contributed by atoms with Gasteiger partial charge in [0, 0.05) is 13.1 Å². The zero-order valence-electron chi connectivity index (χ0n) is 15.8. The summed E-state index contributed by atoms with van der Waals surface area (Å²) < 4.78 is 7.45. The van der Waals surface area contributed by atoms with Gasteiger partial charge in [-0.15, -0.1) is 0 Å². The Labute approximate surface area is 159 Å². The second kappa shape index (κ2) is 8.58. The molecule has 7 heteroatoms. The maximum atomic E-state index is 12.3. The minimum absolute atomic E-state index is 0.250. The summed E-state index contributed by atoms with van der Waals surface area (Å²) in [5, 5.41) is 16.5. The average Bonchev–Trinajstić information content (AvgIpc) is 2.99. The number of likely N-dealkylation sites (tertiary alicyclic amines) is 1. The molecule has 1 amide bonds. The molecule has 1 aromatic carbocycles. The first-order valence-corrected chi connectivity index (χ1v) is 9.22. The van der Waals surface area contributed by atoms with Gasteiger partial charge in [0.1, 0.15) is 13.2 Å². The molecule has 1 saturated heterocycles. The molecule has 1 aliphatic heterocycles. The molecule has 0 atom stereocenters. The molecule has 0 spiro atoms. The molecule has 142 valence electrons.